The third kappa shape index (κ3) is 5.33. The smallest absolute Gasteiger partial charge is 0.252 e. The predicted octanol–water partition coefficient (Wildman–Crippen LogP) is 1.79. The number of amides is 1. The van der Waals surface area contributed by atoms with E-state index in [9.17, 15) is 4.79 Å². The maximum atomic E-state index is 11.8. The molecule has 0 heterocycles. The van der Waals surface area contributed by atoms with E-state index in [4.69, 9.17) is 9.84 Å². The number of halogens is 2. The molecular formula is C11H13BrINO3. The average molecular weight is 414 g/mol. The fourth-order valence-electron chi connectivity index (χ4n) is 1.17. The van der Waals surface area contributed by atoms with Crippen LogP contribution in [0.3, 0.4) is 0 Å². The summed E-state index contributed by atoms with van der Waals surface area (Å²) < 4.78 is 6.82. The van der Waals surface area contributed by atoms with Gasteiger partial charge in [-0.25, -0.2) is 0 Å². The van der Waals surface area contributed by atoms with Crippen LogP contribution >= 0.6 is 38.5 Å². The minimum Gasteiger partial charge on any atom is -0.394 e. The van der Waals surface area contributed by atoms with E-state index >= 15 is 0 Å². The number of aliphatic hydroxyl groups is 1. The van der Waals surface area contributed by atoms with E-state index in [1.165, 1.54) is 0 Å². The van der Waals surface area contributed by atoms with Gasteiger partial charge in [0, 0.05) is 14.6 Å². The summed E-state index contributed by atoms with van der Waals surface area (Å²) in [7, 11) is 0. The van der Waals surface area contributed by atoms with Gasteiger partial charge in [0.2, 0.25) is 0 Å². The molecule has 0 fully saturated rings. The summed E-state index contributed by atoms with van der Waals surface area (Å²) in [6.07, 6.45) is 0. The van der Waals surface area contributed by atoms with Crippen molar-refractivity contribution < 1.29 is 14.6 Å². The number of ether oxygens (including phenoxy) is 1. The topological polar surface area (TPSA) is 58.6 Å². The van der Waals surface area contributed by atoms with Gasteiger partial charge in [0.15, 0.2) is 0 Å². The molecule has 0 aromatic heterocycles. The minimum atomic E-state index is -0.136. The molecule has 94 valence electrons. The van der Waals surface area contributed by atoms with Crippen LogP contribution in [0.15, 0.2) is 22.7 Å². The minimum absolute atomic E-state index is 0.00360. The first-order chi connectivity index (χ1) is 8.15. The van der Waals surface area contributed by atoms with Crippen LogP contribution in [0.2, 0.25) is 0 Å². The third-order valence-corrected chi connectivity index (χ3v) is 3.30. The molecule has 1 rings (SSSR count). The van der Waals surface area contributed by atoms with Crippen molar-refractivity contribution in [2.75, 3.05) is 26.4 Å². The Hall–Kier alpha value is -0.180. The van der Waals surface area contributed by atoms with Crippen LogP contribution in [0.5, 0.6) is 0 Å². The monoisotopic (exact) mass is 413 g/mol. The zero-order chi connectivity index (χ0) is 12.7. The largest absolute Gasteiger partial charge is 0.394 e. The predicted molar refractivity (Wildman–Crippen MR) is 77.1 cm³/mol. The Morgan fingerprint density at radius 2 is 2.24 bits per heavy atom. The quantitative estimate of drug-likeness (QED) is 0.552. The Balaban J connectivity index is 2.44. The van der Waals surface area contributed by atoms with Crippen molar-refractivity contribution in [1.29, 1.82) is 0 Å². The number of rotatable bonds is 6. The van der Waals surface area contributed by atoms with Gasteiger partial charge in [0.25, 0.3) is 5.91 Å². The SMILES string of the molecule is O=C(NCCOCCO)c1cc(I)ccc1Br. The number of carbonyl (C=O) groups excluding carboxylic acids is 1. The van der Waals surface area contributed by atoms with Gasteiger partial charge in [-0.05, 0) is 56.7 Å². The van der Waals surface area contributed by atoms with E-state index in [2.05, 4.69) is 43.8 Å². The molecule has 0 aliphatic heterocycles. The van der Waals surface area contributed by atoms with Crippen molar-refractivity contribution in [3.63, 3.8) is 0 Å². The lowest BCUT2D eigenvalue weighted by molar-refractivity contribution is 0.0837. The summed E-state index contributed by atoms with van der Waals surface area (Å²) in [6, 6.07) is 5.58. The van der Waals surface area contributed by atoms with Gasteiger partial charge in [-0.1, -0.05) is 0 Å². The number of carbonyl (C=O) groups is 1. The summed E-state index contributed by atoms with van der Waals surface area (Å²) in [5.74, 6) is -0.136. The molecule has 0 unspecified atom stereocenters. The first-order valence-corrected chi connectivity index (χ1v) is 6.94. The summed E-state index contributed by atoms with van der Waals surface area (Å²) >= 11 is 5.49. The number of benzene rings is 1. The second-order valence-electron chi connectivity index (χ2n) is 3.22. The Labute approximate surface area is 122 Å². The van der Waals surface area contributed by atoms with Gasteiger partial charge in [0.1, 0.15) is 0 Å². The summed E-state index contributed by atoms with van der Waals surface area (Å²) in [5, 5.41) is 11.2. The van der Waals surface area contributed by atoms with Crippen LogP contribution in [0, 0.1) is 3.57 Å². The van der Waals surface area contributed by atoms with E-state index in [1.807, 2.05) is 18.2 Å². The number of aliphatic hydroxyl groups excluding tert-OH is 1. The van der Waals surface area contributed by atoms with Crippen molar-refractivity contribution in [1.82, 2.24) is 5.32 Å². The van der Waals surface area contributed by atoms with Gasteiger partial charge in [0.05, 0.1) is 25.4 Å². The van der Waals surface area contributed by atoms with E-state index in [0.29, 0.717) is 25.3 Å². The first-order valence-electron chi connectivity index (χ1n) is 5.07. The van der Waals surface area contributed by atoms with E-state index in [1.54, 1.807) is 0 Å². The molecule has 1 amide bonds. The molecule has 0 saturated carbocycles. The molecule has 1 aromatic carbocycles. The van der Waals surface area contributed by atoms with Crippen molar-refractivity contribution in [3.8, 4) is 0 Å². The summed E-state index contributed by atoms with van der Waals surface area (Å²) in [6.45, 7) is 1.11. The third-order valence-electron chi connectivity index (χ3n) is 1.94. The van der Waals surface area contributed by atoms with E-state index in [-0.39, 0.29) is 12.5 Å². The highest BCUT2D eigenvalue weighted by atomic mass is 127. The highest BCUT2D eigenvalue weighted by molar-refractivity contribution is 14.1. The number of nitrogens with one attached hydrogen (secondary N) is 1. The molecule has 0 aliphatic carbocycles. The maximum Gasteiger partial charge on any atom is 0.252 e. The zero-order valence-corrected chi connectivity index (χ0v) is 12.8. The van der Waals surface area contributed by atoms with Crippen molar-refractivity contribution >= 4 is 44.4 Å². The van der Waals surface area contributed by atoms with Gasteiger partial charge in [-0.15, -0.1) is 0 Å². The average Bonchev–Trinajstić information content (AvgIpc) is 2.32. The summed E-state index contributed by atoms with van der Waals surface area (Å²) in [4.78, 5) is 11.8. The maximum absolute atomic E-state index is 11.8. The Bertz CT molecular complexity index is 387. The molecule has 0 radical (unpaired) electrons. The second kappa shape index (κ2) is 8.02. The van der Waals surface area contributed by atoms with E-state index < -0.39 is 0 Å². The molecule has 0 saturated heterocycles. The Kier molecular flexibility index (Phi) is 7.02. The van der Waals surface area contributed by atoms with E-state index in [0.717, 1.165) is 8.04 Å². The zero-order valence-electron chi connectivity index (χ0n) is 9.08. The second-order valence-corrected chi connectivity index (χ2v) is 5.32. The van der Waals surface area contributed by atoms with Crippen LogP contribution in [0.25, 0.3) is 0 Å². The Morgan fingerprint density at radius 1 is 1.47 bits per heavy atom. The van der Waals surface area contributed by atoms with Crippen molar-refractivity contribution in [3.05, 3.63) is 31.8 Å². The van der Waals surface area contributed by atoms with Gasteiger partial charge in [-0.3, -0.25) is 4.79 Å². The number of hydrogen-bond acceptors (Lipinski definition) is 3. The van der Waals surface area contributed by atoms with Crippen LogP contribution in [-0.2, 0) is 4.74 Å². The van der Waals surface area contributed by atoms with Gasteiger partial charge < -0.3 is 15.2 Å². The lowest BCUT2D eigenvalue weighted by Gasteiger charge is -2.07. The van der Waals surface area contributed by atoms with Crippen molar-refractivity contribution in [2.24, 2.45) is 0 Å². The van der Waals surface area contributed by atoms with Gasteiger partial charge >= 0.3 is 0 Å². The fraction of sp³-hybridized carbons (Fsp3) is 0.364. The van der Waals surface area contributed by atoms with Crippen LogP contribution in [-0.4, -0.2) is 37.4 Å². The van der Waals surface area contributed by atoms with Crippen LogP contribution < -0.4 is 5.32 Å². The Morgan fingerprint density at radius 3 is 2.94 bits per heavy atom. The molecular weight excluding hydrogens is 401 g/mol. The molecule has 1 aromatic rings. The molecule has 4 nitrogen and oxygen atoms in total. The molecule has 0 atom stereocenters. The number of hydrogen-bond donors (Lipinski definition) is 2. The van der Waals surface area contributed by atoms with Crippen molar-refractivity contribution in [2.45, 2.75) is 0 Å². The molecule has 0 bridgehead atoms. The lowest BCUT2D eigenvalue weighted by Crippen LogP contribution is -2.27. The van der Waals surface area contributed by atoms with Crippen LogP contribution in [0.4, 0.5) is 0 Å². The normalized spacial score (nSPS) is 10.3. The molecule has 6 heteroatoms. The standard InChI is InChI=1S/C11H13BrINO3/c12-10-2-1-8(13)7-9(10)11(16)14-3-5-17-6-4-15/h1-2,7,15H,3-6H2,(H,14,16). The first kappa shape index (κ1) is 14.9. The highest BCUT2D eigenvalue weighted by Crippen LogP contribution is 2.19. The molecule has 17 heavy (non-hydrogen) atoms. The summed E-state index contributed by atoms with van der Waals surface area (Å²) in [5.41, 5.74) is 0.610. The molecule has 0 spiro atoms. The molecule has 2 N–H and O–H groups in total. The van der Waals surface area contributed by atoms with Crippen LogP contribution in [0.1, 0.15) is 10.4 Å². The fourth-order valence-corrected chi connectivity index (χ4v) is 2.09. The highest BCUT2D eigenvalue weighted by Gasteiger charge is 2.09. The van der Waals surface area contributed by atoms with Gasteiger partial charge in [-0.2, -0.15) is 0 Å². The molecule has 0 aliphatic rings. The lowest BCUT2D eigenvalue weighted by atomic mass is 10.2.